The first kappa shape index (κ1) is 12.2. The summed E-state index contributed by atoms with van der Waals surface area (Å²) in [5, 5.41) is 6.44. The minimum absolute atomic E-state index is 0.149. The Morgan fingerprint density at radius 3 is 2.76 bits per heavy atom. The Morgan fingerprint density at radius 2 is 2.12 bits per heavy atom. The number of thiazole rings is 1. The van der Waals surface area contributed by atoms with Crippen LogP contribution < -0.4 is 5.32 Å². The van der Waals surface area contributed by atoms with Gasteiger partial charge in [0, 0.05) is 18.5 Å². The maximum absolute atomic E-state index is 13.1. The molecule has 2 nitrogen and oxygen atoms in total. The molecule has 0 atom stereocenters. The highest BCUT2D eigenvalue weighted by molar-refractivity contribution is 7.09. The molecular formula is C13H15FN2S. The number of rotatable bonds is 4. The van der Waals surface area contributed by atoms with Gasteiger partial charge in [0.05, 0.1) is 10.7 Å². The van der Waals surface area contributed by atoms with Crippen LogP contribution >= 0.6 is 11.3 Å². The van der Waals surface area contributed by atoms with Crippen LogP contribution in [0.3, 0.4) is 0 Å². The number of aromatic nitrogens is 1. The van der Waals surface area contributed by atoms with Gasteiger partial charge in [-0.15, -0.1) is 11.3 Å². The van der Waals surface area contributed by atoms with Crippen molar-refractivity contribution < 1.29 is 4.39 Å². The molecular weight excluding hydrogens is 235 g/mol. The standard InChI is InChI=1S/C13H15FN2S/c1-9-5-11(3-4-13(9)14)6-15-7-12-8-17-10(2)16-12/h3-5,8,15H,6-7H2,1-2H3. The molecule has 0 aliphatic carbocycles. The van der Waals surface area contributed by atoms with Crippen LogP contribution in [-0.2, 0) is 13.1 Å². The van der Waals surface area contributed by atoms with Crippen molar-refractivity contribution in [3.63, 3.8) is 0 Å². The summed E-state index contributed by atoms with van der Waals surface area (Å²) in [4.78, 5) is 4.37. The van der Waals surface area contributed by atoms with Gasteiger partial charge in [-0.3, -0.25) is 0 Å². The third-order valence-corrected chi connectivity index (χ3v) is 3.35. The third-order valence-electron chi connectivity index (χ3n) is 2.52. The van der Waals surface area contributed by atoms with Crippen LogP contribution in [0.25, 0.3) is 0 Å². The van der Waals surface area contributed by atoms with E-state index in [2.05, 4.69) is 15.7 Å². The number of aryl methyl sites for hydroxylation is 2. The van der Waals surface area contributed by atoms with Crippen molar-refractivity contribution >= 4 is 11.3 Å². The smallest absolute Gasteiger partial charge is 0.126 e. The van der Waals surface area contributed by atoms with E-state index >= 15 is 0 Å². The summed E-state index contributed by atoms with van der Waals surface area (Å²) in [6.45, 7) is 5.26. The molecule has 1 aromatic carbocycles. The highest BCUT2D eigenvalue weighted by Gasteiger charge is 2.00. The average molecular weight is 250 g/mol. The Balaban J connectivity index is 1.87. The number of nitrogens with one attached hydrogen (secondary N) is 1. The van der Waals surface area contributed by atoms with Crippen molar-refractivity contribution in [3.8, 4) is 0 Å². The molecule has 0 spiro atoms. The van der Waals surface area contributed by atoms with Crippen molar-refractivity contribution in [1.29, 1.82) is 0 Å². The van der Waals surface area contributed by atoms with Gasteiger partial charge in [0.15, 0.2) is 0 Å². The SMILES string of the molecule is Cc1nc(CNCc2ccc(F)c(C)c2)cs1. The number of hydrogen-bond acceptors (Lipinski definition) is 3. The zero-order chi connectivity index (χ0) is 12.3. The molecule has 1 aromatic heterocycles. The van der Waals surface area contributed by atoms with Gasteiger partial charge >= 0.3 is 0 Å². The van der Waals surface area contributed by atoms with E-state index in [9.17, 15) is 4.39 Å². The van der Waals surface area contributed by atoms with Crippen molar-refractivity contribution in [3.05, 3.63) is 51.2 Å². The second kappa shape index (κ2) is 5.38. The molecule has 0 amide bonds. The molecule has 2 aromatic rings. The van der Waals surface area contributed by atoms with E-state index in [1.165, 1.54) is 6.07 Å². The number of hydrogen-bond donors (Lipinski definition) is 1. The van der Waals surface area contributed by atoms with Crippen LogP contribution in [0, 0.1) is 19.7 Å². The van der Waals surface area contributed by atoms with E-state index in [1.807, 2.05) is 19.1 Å². The highest BCUT2D eigenvalue weighted by Crippen LogP contribution is 2.10. The van der Waals surface area contributed by atoms with Gasteiger partial charge in [0.1, 0.15) is 5.82 Å². The minimum Gasteiger partial charge on any atom is -0.307 e. The molecule has 1 N–H and O–H groups in total. The Hall–Kier alpha value is -1.26. The van der Waals surface area contributed by atoms with Crippen LogP contribution in [0.2, 0.25) is 0 Å². The minimum atomic E-state index is -0.149. The number of nitrogens with zero attached hydrogens (tertiary/aromatic N) is 1. The van der Waals surface area contributed by atoms with Crippen LogP contribution in [0.5, 0.6) is 0 Å². The Labute approximate surface area is 105 Å². The zero-order valence-electron chi connectivity index (χ0n) is 9.96. The van der Waals surface area contributed by atoms with Gasteiger partial charge in [0.2, 0.25) is 0 Å². The largest absolute Gasteiger partial charge is 0.307 e. The molecule has 4 heteroatoms. The van der Waals surface area contributed by atoms with Gasteiger partial charge in [0.25, 0.3) is 0 Å². The van der Waals surface area contributed by atoms with Crippen LogP contribution in [0.1, 0.15) is 21.8 Å². The summed E-state index contributed by atoms with van der Waals surface area (Å²) in [5.74, 6) is -0.149. The fraction of sp³-hybridized carbons (Fsp3) is 0.308. The van der Waals surface area contributed by atoms with Crippen LogP contribution in [0.15, 0.2) is 23.6 Å². The van der Waals surface area contributed by atoms with E-state index in [0.717, 1.165) is 29.4 Å². The van der Waals surface area contributed by atoms with E-state index in [0.29, 0.717) is 5.56 Å². The fourth-order valence-electron chi connectivity index (χ4n) is 1.64. The first-order chi connectivity index (χ1) is 8.15. The lowest BCUT2D eigenvalue weighted by atomic mass is 10.1. The van der Waals surface area contributed by atoms with Gasteiger partial charge < -0.3 is 5.32 Å². The quantitative estimate of drug-likeness (QED) is 0.901. The maximum atomic E-state index is 13.1. The lowest BCUT2D eigenvalue weighted by molar-refractivity contribution is 0.615. The molecule has 2 rings (SSSR count). The van der Waals surface area contributed by atoms with Crippen molar-refractivity contribution in [2.45, 2.75) is 26.9 Å². The van der Waals surface area contributed by atoms with Crippen molar-refractivity contribution in [2.24, 2.45) is 0 Å². The van der Waals surface area contributed by atoms with Gasteiger partial charge in [-0.1, -0.05) is 12.1 Å². The molecule has 90 valence electrons. The lowest BCUT2D eigenvalue weighted by Crippen LogP contribution is -2.13. The molecule has 0 saturated heterocycles. The fourth-order valence-corrected chi connectivity index (χ4v) is 2.25. The predicted octanol–water partition coefficient (Wildman–Crippen LogP) is 3.19. The Bertz CT molecular complexity index is 508. The summed E-state index contributed by atoms with van der Waals surface area (Å²) in [5.41, 5.74) is 2.84. The van der Waals surface area contributed by atoms with Gasteiger partial charge in [-0.05, 0) is 31.0 Å². The molecule has 0 aliphatic rings. The summed E-state index contributed by atoms with van der Waals surface area (Å²) in [6, 6.07) is 5.19. The van der Waals surface area contributed by atoms with Gasteiger partial charge in [-0.2, -0.15) is 0 Å². The average Bonchev–Trinajstić information content (AvgIpc) is 2.70. The predicted molar refractivity (Wildman–Crippen MR) is 68.5 cm³/mol. The van der Waals surface area contributed by atoms with Crippen molar-refractivity contribution in [2.75, 3.05) is 0 Å². The summed E-state index contributed by atoms with van der Waals surface area (Å²) in [6.07, 6.45) is 0. The topological polar surface area (TPSA) is 24.9 Å². The first-order valence-corrected chi connectivity index (χ1v) is 6.40. The molecule has 1 heterocycles. The second-order valence-electron chi connectivity index (χ2n) is 4.04. The van der Waals surface area contributed by atoms with E-state index in [1.54, 1.807) is 18.3 Å². The molecule has 0 bridgehead atoms. The molecule has 0 fully saturated rings. The Kier molecular flexibility index (Phi) is 3.86. The third kappa shape index (κ3) is 3.35. The monoisotopic (exact) mass is 250 g/mol. The summed E-state index contributed by atoms with van der Waals surface area (Å²) in [7, 11) is 0. The second-order valence-corrected chi connectivity index (χ2v) is 5.11. The zero-order valence-corrected chi connectivity index (χ0v) is 10.8. The lowest BCUT2D eigenvalue weighted by Gasteiger charge is -2.04. The van der Waals surface area contributed by atoms with E-state index < -0.39 is 0 Å². The van der Waals surface area contributed by atoms with E-state index in [-0.39, 0.29) is 5.82 Å². The van der Waals surface area contributed by atoms with Crippen LogP contribution in [0.4, 0.5) is 4.39 Å². The maximum Gasteiger partial charge on any atom is 0.126 e. The molecule has 0 radical (unpaired) electrons. The number of benzene rings is 1. The first-order valence-electron chi connectivity index (χ1n) is 5.52. The number of halogens is 1. The Morgan fingerprint density at radius 1 is 1.29 bits per heavy atom. The molecule has 0 saturated carbocycles. The highest BCUT2D eigenvalue weighted by atomic mass is 32.1. The summed E-state index contributed by atoms with van der Waals surface area (Å²) < 4.78 is 13.1. The summed E-state index contributed by atoms with van der Waals surface area (Å²) >= 11 is 1.65. The molecule has 17 heavy (non-hydrogen) atoms. The van der Waals surface area contributed by atoms with Crippen LogP contribution in [-0.4, -0.2) is 4.98 Å². The molecule has 0 aliphatic heterocycles. The van der Waals surface area contributed by atoms with E-state index in [4.69, 9.17) is 0 Å². The molecule has 0 unspecified atom stereocenters. The van der Waals surface area contributed by atoms with Crippen molar-refractivity contribution in [1.82, 2.24) is 10.3 Å². The van der Waals surface area contributed by atoms with Gasteiger partial charge in [-0.25, -0.2) is 9.37 Å². The normalized spacial score (nSPS) is 10.8.